The van der Waals surface area contributed by atoms with Crippen molar-refractivity contribution in [1.29, 1.82) is 0 Å². The summed E-state index contributed by atoms with van der Waals surface area (Å²) in [6.45, 7) is 29.7. The lowest BCUT2D eigenvalue weighted by atomic mass is 9.88. The quantitative estimate of drug-likeness (QED) is 0.132. The van der Waals surface area contributed by atoms with Gasteiger partial charge in [-0.2, -0.15) is 0 Å². The van der Waals surface area contributed by atoms with Crippen LogP contribution in [-0.4, -0.2) is 130 Å². The molecular formula is C47H76ClFN6O7Si. The maximum atomic E-state index is 14.8. The minimum atomic E-state index is -2.10. The number of hydrogen-bond acceptors (Lipinski definition) is 10. The molecular weight excluding hydrogens is 843 g/mol. The first-order chi connectivity index (χ1) is 29.3. The Hall–Kier alpha value is -3.63. The van der Waals surface area contributed by atoms with Crippen LogP contribution in [0.4, 0.5) is 19.7 Å². The van der Waals surface area contributed by atoms with Crippen LogP contribution in [-0.2, 0) is 31.7 Å². The summed E-state index contributed by atoms with van der Waals surface area (Å²) in [5, 5.41) is 10.2. The van der Waals surface area contributed by atoms with Gasteiger partial charge in [-0.25, -0.2) is 14.0 Å². The van der Waals surface area contributed by atoms with Crippen LogP contribution < -0.4 is 20.7 Å². The van der Waals surface area contributed by atoms with Gasteiger partial charge in [-0.15, -0.1) is 0 Å². The van der Waals surface area contributed by atoms with Crippen molar-refractivity contribution in [3.05, 3.63) is 58.4 Å². The van der Waals surface area contributed by atoms with Crippen LogP contribution in [0, 0.1) is 11.7 Å². The van der Waals surface area contributed by atoms with Crippen LogP contribution in [0.2, 0.25) is 23.2 Å². The molecule has 2 aromatic carbocycles. The normalized spacial score (nSPS) is 17.1. The average molecular weight is 920 g/mol. The molecule has 0 spiro atoms. The molecule has 0 saturated carbocycles. The Morgan fingerprint density at radius 1 is 0.857 bits per heavy atom. The summed E-state index contributed by atoms with van der Waals surface area (Å²) in [7, 11) is -2.10. The number of nitrogens with zero attached hydrogens (tertiary/aromatic N) is 3. The second-order valence-corrected chi connectivity index (χ2v) is 25.6. The molecule has 0 aromatic heterocycles. The summed E-state index contributed by atoms with van der Waals surface area (Å²) < 4.78 is 38.3. The number of rotatable bonds is 17. The molecule has 0 unspecified atom stereocenters. The highest BCUT2D eigenvalue weighted by atomic mass is 35.5. The Labute approximate surface area is 382 Å². The molecule has 0 radical (unpaired) electrons. The fourth-order valence-electron chi connectivity index (χ4n) is 7.46. The van der Waals surface area contributed by atoms with Gasteiger partial charge in [0, 0.05) is 62.1 Å². The number of anilines is 1. The Bertz CT molecular complexity index is 1820. The molecule has 2 atom stereocenters. The van der Waals surface area contributed by atoms with Crippen LogP contribution in [0.25, 0.3) is 0 Å². The number of carbonyl (C=O) groups is 3. The van der Waals surface area contributed by atoms with E-state index in [0.29, 0.717) is 81.7 Å². The number of benzene rings is 2. The van der Waals surface area contributed by atoms with E-state index in [0.717, 1.165) is 37.3 Å². The molecule has 2 aromatic rings. The summed E-state index contributed by atoms with van der Waals surface area (Å²) in [5.41, 5.74) is 1.13. The molecule has 4 rings (SSSR count). The number of carbonyl (C=O) groups excluding carboxylic acids is 3. The smallest absolute Gasteiger partial charge is 0.408 e. The molecule has 3 amide bonds. The van der Waals surface area contributed by atoms with E-state index in [1.165, 1.54) is 6.07 Å². The van der Waals surface area contributed by atoms with Gasteiger partial charge in [0.05, 0.1) is 19.3 Å². The molecule has 2 fully saturated rings. The molecule has 13 nitrogen and oxygen atoms in total. The van der Waals surface area contributed by atoms with Crippen LogP contribution >= 0.6 is 11.6 Å². The van der Waals surface area contributed by atoms with E-state index in [2.05, 4.69) is 59.6 Å². The third-order valence-corrected chi connectivity index (χ3v) is 16.7. The zero-order valence-electron chi connectivity index (χ0n) is 40.1. The molecule has 0 bridgehead atoms. The van der Waals surface area contributed by atoms with E-state index in [4.69, 9.17) is 30.2 Å². The Kier molecular flexibility index (Phi) is 18.6. The van der Waals surface area contributed by atoms with E-state index >= 15 is 0 Å². The Morgan fingerprint density at radius 2 is 1.48 bits per heavy atom. The monoisotopic (exact) mass is 919 g/mol. The van der Waals surface area contributed by atoms with Crippen molar-refractivity contribution >= 4 is 43.7 Å². The highest BCUT2D eigenvalue weighted by Gasteiger charge is 2.39. The van der Waals surface area contributed by atoms with Gasteiger partial charge in [0.25, 0.3) is 0 Å². The second-order valence-electron chi connectivity index (χ2n) is 20.4. The highest BCUT2D eigenvalue weighted by molar-refractivity contribution is 6.74. The van der Waals surface area contributed by atoms with Crippen molar-refractivity contribution in [3.63, 3.8) is 0 Å². The largest absolute Gasteiger partial charge is 0.493 e. The summed E-state index contributed by atoms with van der Waals surface area (Å²) in [5.74, 6) is 0.0229. The minimum absolute atomic E-state index is 0.0116. The number of halogens is 2. The molecule has 0 aliphatic carbocycles. The SMILES string of the molecule is CCOc1cccc(F)c1CN1CCN(C(=O)[C@H](NC(=O)OC(C)(C)C)C2CCN(CCc3cc(Cl)ccc3NC[C@@H](CO[Si](C)(C)C(C)(C)C)NC(=O)OC(C)(C)C)CC2)CC1. The first kappa shape index (κ1) is 52.0. The van der Waals surface area contributed by atoms with Gasteiger partial charge in [0.15, 0.2) is 8.32 Å². The van der Waals surface area contributed by atoms with Crippen molar-refractivity contribution in [2.24, 2.45) is 5.92 Å². The predicted octanol–water partition coefficient (Wildman–Crippen LogP) is 8.70. The van der Waals surface area contributed by atoms with Crippen molar-refractivity contribution < 1.29 is 37.4 Å². The van der Waals surface area contributed by atoms with Gasteiger partial charge in [0.2, 0.25) is 5.91 Å². The summed E-state index contributed by atoms with van der Waals surface area (Å²) in [4.78, 5) is 46.7. The first-order valence-electron chi connectivity index (χ1n) is 22.6. The van der Waals surface area contributed by atoms with Gasteiger partial charge in [-0.3, -0.25) is 9.69 Å². The molecule has 3 N–H and O–H groups in total. The number of nitrogens with one attached hydrogen (secondary N) is 3. The maximum absolute atomic E-state index is 14.8. The number of likely N-dealkylation sites (tertiary alicyclic amines) is 1. The third kappa shape index (κ3) is 16.7. The summed E-state index contributed by atoms with van der Waals surface area (Å²) in [6.07, 6.45) is 1.05. The lowest BCUT2D eigenvalue weighted by Crippen LogP contribution is -2.58. The van der Waals surface area contributed by atoms with Crippen molar-refractivity contribution in [2.45, 2.75) is 136 Å². The molecule has 2 aliphatic heterocycles. The van der Waals surface area contributed by atoms with Gasteiger partial charge in [-0.05, 0) is 141 Å². The second kappa shape index (κ2) is 22.5. The number of piperazine rings is 1. The van der Waals surface area contributed by atoms with Crippen LogP contribution in [0.5, 0.6) is 5.75 Å². The number of piperidine rings is 1. The topological polar surface area (TPSA) is 134 Å². The standard InChI is InChI=1S/C47H76ClFN6O7Si/c1-13-59-40-16-14-15-38(49)37(40)31-54-25-27-55(28-26-54)42(56)41(52-44(58)62-46(5,6)7)33-19-22-53(23-20-33)24-21-34-29-35(48)17-18-39(34)50-30-36(51-43(57)61-45(2,3)4)32-60-63(11,12)47(8,9)10/h14-18,29,33,36,41,50H,13,19-28,30-32H2,1-12H3,(H,51,57)(H,52,58)/t36-,41+/m0/s1. The van der Waals surface area contributed by atoms with E-state index in [-0.39, 0.29) is 28.7 Å². The predicted molar refractivity (Wildman–Crippen MR) is 252 cm³/mol. The van der Waals surface area contributed by atoms with E-state index < -0.39 is 37.7 Å². The van der Waals surface area contributed by atoms with Crippen LogP contribution in [0.1, 0.15) is 93.2 Å². The fraction of sp³-hybridized carbons (Fsp3) is 0.681. The summed E-state index contributed by atoms with van der Waals surface area (Å²) >= 11 is 6.54. The molecule has 63 heavy (non-hydrogen) atoms. The van der Waals surface area contributed by atoms with Gasteiger partial charge < -0.3 is 44.4 Å². The maximum Gasteiger partial charge on any atom is 0.408 e. The molecule has 354 valence electrons. The lowest BCUT2D eigenvalue weighted by Gasteiger charge is -2.40. The van der Waals surface area contributed by atoms with E-state index in [1.807, 2.05) is 50.8 Å². The van der Waals surface area contributed by atoms with Gasteiger partial charge in [-0.1, -0.05) is 38.4 Å². The third-order valence-electron chi connectivity index (χ3n) is 12.0. The number of ether oxygens (including phenoxy) is 3. The number of amides is 3. The molecule has 2 heterocycles. The van der Waals surface area contributed by atoms with Gasteiger partial charge in [0.1, 0.15) is 28.8 Å². The lowest BCUT2D eigenvalue weighted by molar-refractivity contribution is -0.137. The fourth-order valence-corrected chi connectivity index (χ4v) is 8.71. The van der Waals surface area contributed by atoms with Crippen molar-refractivity contribution in [1.82, 2.24) is 25.3 Å². The minimum Gasteiger partial charge on any atom is -0.493 e. The van der Waals surface area contributed by atoms with Crippen LogP contribution in [0.15, 0.2) is 36.4 Å². The summed E-state index contributed by atoms with van der Waals surface area (Å²) in [6, 6.07) is 9.60. The number of alkyl carbamates (subject to hydrolysis) is 2. The Balaban J connectivity index is 1.38. The highest BCUT2D eigenvalue weighted by Crippen LogP contribution is 2.36. The molecule has 2 aliphatic rings. The van der Waals surface area contributed by atoms with Gasteiger partial charge >= 0.3 is 12.2 Å². The number of hydrogen-bond donors (Lipinski definition) is 3. The van der Waals surface area contributed by atoms with E-state index in [9.17, 15) is 18.8 Å². The van der Waals surface area contributed by atoms with Crippen LogP contribution in [0.3, 0.4) is 0 Å². The van der Waals surface area contributed by atoms with Crippen molar-refractivity contribution in [2.75, 3.05) is 70.9 Å². The average Bonchev–Trinajstić information content (AvgIpc) is 3.17. The zero-order chi connectivity index (χ0) is 46.8. The van der Waals surface area contributed by atoms with E-state index in [1.54, 1.807) is 32.9 Å². The Morgan fingerprint density at radius 3 is 2.06 bits per heavy atom. The first-order valence-corrected chi connectivity index (χ1v) is 25.9. The van der Waals surface area contributed by atoms with Crippen molar-refractivity contribution in [3.8, 4) is 5.75 Å². The molecule has 16 heteroatoms. The molecule has 2 saturated heterocycles. The zero-order valence-corrected chi connectivity index (χ0v) is 41.8.